The largest absolute Gasteiger partial charge is 0.497 e. The summed E-state index contributed by atoms with van der Waals surface area (Å²) in [5, 5.41) is 4.81. The van der Waals surface area contributed by atoms with Crippen LogP contribution in [0.1, 0.15) is 22.0 Å². The number of aryl methyl sites for hydroxylation is 2. The maximum atomic E-state index is 5.38. The molecule has 1 aliphatic rings. The van der Waals surface area contributed by atoms with E-state index in [2.05, 4.69) is 41.2 Å². The molecular weight excluding hydrogens is 322 g/mol. The van der Waals surface area contributed by atoms with Crippen molar-refractivity contribution in [3.63, 3.8) is 0 Å². The molecule has 3 rings (SSSR count). The number of hydrogen-bond acceptors (Lipinski definition) is 6. The van der Waals surface area contributed by atoms with Crippen molar-refractivity contribution in [2.45, 2.75) is 32.9 Å². The Morgan fingerprint density at radius 2 is 1.92 bits per heavy atom. The van der Waals surface area contributed by atoms with Crippen LogP contribution in [-0.4, -0.2) is 38.3 Å². The normalized spacial score (nSPS) is 17.3. The molecule has 0 amide bonds. The summed E-state index contributed by atoms with van der Waals surface area (Å²) < 4.78 is 10.8. The first-order chi connectivity index (χ1) is 11.6. The Labute approximate surface area is 147 Å². The van der Waals surface area contributed by atoms with Gasteiger partial charge in [0.2, 0.25) is 0 Å². The molecule has 2 heterocycles. The lowest BCUT2D eigenvalue weighted by atomic mass is 10.2. The molecule has 130 valence electrons. The second-order valence-electron chi connectivity index (χ2n) is 6.12. The van der Waals surface area contributed by atoms with Gasteiger partial charge in [-0.2, -0.15) is 0 Å². The van der Waals surface area contributed by atoms with Crippen molar-refractivity contribution in [1.29, 1.82) is 0 Å². The summed E-state index contributed by atoms with van der Waals surface area (Å²) in [7, 11) is 3.37. The van der Waals surface area contributed by atoms with Crippen molar-refractivity contribution < 1.29 is 9.47 Å². The SMILES string of the molecule is COc1cc(OC)cc(N2CC[C@@H](NCc3sc(C)nc3C)C2)c1. The second-order valence-corrected chi connectivity index (χ2v) is 7.41. The van der Waals surface area contributed by atoms with Gasteiger partial charge in [-0.05, 0) is 20.3 Å². The minimum absolute atomic E-state index is 0.490. The van der Waals surface area contributed by atoms with Gasteiger partial charge in [0.15, 0.2) is 0 Å². The number of hydrogen-bond donors (Lipinski definition) is 1. The summed E-state index contributed by atoms with van der Waals surface area (Å²) in [4.78, 5) is 8.22. The monoisotopic (exact) mass is 347 g/mol. The smallest absolute Gasteiger partial charge is 0.124 e. The molecule has 5 nitrogen and oxygen atoms in total. The molecule has 24 heavy (non-hydrogen) atoms. The van der Waals surface area contributed by atoms with E-state index in [0.717, 1.165) is 53.9 Å². The minimum Gasteiger partial charge on any atom is -0.497 e. The summed E-state index contributed by atoms with van der Waals surface area (Å²) in [6, 6.07) is 6.54. The van der Waals surface area contributed by atoms with Gasteiger partial charge in [-0.15, -0.1) is 11.3 Å². The Balaban J connectivity index is 1.62. The molecule has 6 heteroatoms. The van der Waals surface area contributed by atoms with Gasteiger partial charge < -0.3 is 19.7 Å². The number of methoxy groups -OCH3 is 2. The van der Waals surface area contributed by atoms with E-state index in [0.29, 0.717) is 6.04 Å². The van der Waals surface area contributed by atoms with Gasteiger partial charge >= 0.3 is 0 Å². The van der Waals surface area contributed by atoms with Crippen LogP contribution in [0.4, 0.5) is 5.69 Å². The Kier molecular flexibility index (Phi) is 5.26. The van der Waals surface area contributed by atoms with Gasteiger partial charge in [0.25, 0.3) is 0 Å². The van der Waals surface area contributed by atoms with Crippen molar-refractivity contribution in [2.24, 2.45) is 0 Å². The molecule has 1 fully saturated rings. The standard InChI is InChI=1S/C18H25N3O2S/c1-12-18(24-13(2)20-12)10-19-14-5-6-21(11-14)15-7-16(22-3)9-17(8-15)23-4/h7-9,14,19H,5-6,10-11H2,1-4H3/t14-/m1/s1. The molecule has 1 atom stereocenters. The van der Waals surface area contributed by atoms with Crippen LogP contribution in [0.25, 0.3) is 0 Å². The van der Waals surface area contributed by atoms with Crippen LogP contribution in [0.3, 0.4) is 0 Å². The van der Waals surface area contributed by atoms with E-state index in [-0.39, 0.29) is 0 Å². The predicted molar refractivity (Wildman–Crippen MR) is 98.6 cm³/mol. The van der Waals surface area contributed by atoms with Gasteiger partial charge in [-0.1, -0.05) is 0 Å². The third-order valence-corrected chi connectivity index (χ3v) is 5.51. The first-order valence-electron chi connectivity index (χ1n) is 8.23. The van der Waals surface area contributed by atoms with Crippen molar-refractivity contribution in [1.82, 2.24) is 10.3 Å². The number of thiazole rings is 1. The lowest BCUT2D eigenvalue weighted by molar-refractivity contribution is 0.394. The Hall–Kier alpha value is -1.79. The van der Waals surface area contributed by atoms with E-state index in [1.54, 1.807) is 25.6 Å². The lowest BCUT2D eigenvalue weighted by Gasteiger charge is -2.20. The highest BCUT2D eigenvalue weighted by Gasteiger charge is 2.23. The van der Waals surface area contributed by atoms with Gasteiger partial charge in [-0.25, -0.2) is 4.98 Å². The highest BCUT2D eigenvalue weighted by Crippen LogP contribution is 2.30. The lowest BCUT2D eigenvalue weighted by Crippen LogP contribution is -2.32. The number of nitrogens with zero attached hydrogens (tertiary/aromatic N) is 2. The fraction of sp³-hybridized carbons (Fsp3) is 0.500. The van der Waals surface area contributed by atoms with Crippen molar-refractivity contribution >= 4 is 17.0 Å². The molecular formula is C18H25N3O2S. The average Bonchev–Trinajstić information content (AvgIpc) is 3.18. The Bertz CT molecular complexity index is 679. The molecule has 1 saturated heterocycles. The molecule has 0 radical (unpaired) electrons. The number of anilines is 1. The highest BCUT2D eigenvalue weighted by molar-refractivity contribution is 7.11. The number of aromatic nitrogens is 1. The van der Waals surface area contributed by atoms with E-state index < -0.39 is 0 Å². The van der Waals surface area contributed by atoms with Gasteiger partial charge in [0, 0.05) is 54.4 Å². The van der Waals surface area contributed by atoms with Crippen LogP contribution in [0, 0.1) is 13.8 Å². The zero-order chi connectivity index (χ0) is 17.1. The summed E-state index contributed by atoms with van der Waals surface area (Å²) in [5.41, 5.74) is 2.30. The van der Waals surface area contributed by atoms with Crippen molar-refractivity contribution in [3.05, 3.63) is 33.8 Å². The summed E-state index contributed by atoms with van der Waals surface area (Å²) in [6.45, 7) is 7.08. The third kappa shape index (κ3) is 3.82. The van der Waals surface area contributed by atoms with Gasteiger partial charge in [0.1, 0.15) is 11.5 Å². The van der Waals surface area contributed by atoms with E-state index in [1.807, 2.05) is 6.07 Å². The van der Waals surface area contributed by atoms with Crippen LogP contribution >= 0.6 is 11.3 Å². The quantitative estimate of drug-likeness (QED) is 0.870. The fourth-order valence-electron chi connectivity index (χ4n) is 3.11. The molecule has 0 bridgehead atoms. The summed E-state index contributed by atoms with van der Waals surface area (Å²) >= 11 is 1.78. The number of rotatable bonds is 6. The molecule has 1 aliphatic heterocycles. The number of nitrogens with one attached hydrogen (secondary N) is 1. The summed E-state index contributed by atoms with van der Waals surface area (Å²) in [6.07, 6.45) is 1.14. The van der Waals surface area contributed by atoms with Crippen LogP contribution in [0.15, 0.2) is 18.2 Å². The minimum atomic E-state index is 0.490. The van der Waals surface area contributed by atoms with Crippen LogP contribution in [-0.2, 0) is 6.54 Å². The highest BCUT2D eigenvalue weighted by atomic mass is 32.1. The fourth-order valence-corrected chi connectivity index (χ4v) is 4.00. The molecule has 0 saturated carbocycles. The Morgan fingerprint density at radius 1 is 1.21 bits per heavy atom. The first-order valence-corrected chi connectivity index (χ1v) is 9.05. The molecule has 0 spiro atoms. The second kappa shape index (κ2) is 7.40. The number of benzene rings is 1. The predicted octanol–water partition coefficient (Wildman–Crippen LogP) is 3.15. The average molecular weight is 347 g/mol. The molecule has 1 aromatic carbocycles. The van der Waals surface area contributed by atoms with Crippen molar-refractivity contribution in [3.8, 4) is 11.5 Å². The van der Waals surface area contributed by atoms with Crippen LogP contribution in [0.5, 0.6) is 11.5 Å². The van der Waals surface area contributed by atoms with E-state index in [1.165, 1.54) is 4.88 Å². The topological polar surface area (TPSA) is 46.6 Å². The molecule has 0 aliphatic carbocycles. The third-order valence-electron chi connectivity index (χ3n) is 4.44. The maximum absolute atomic E-state index is 5.38. The first kappa shape index (κ1) is 17.0. The summed E-state index contributed by atoms with van der Waals surface area (Å²) in [5.74, 6) is 1.66. The Morgan fingerprint density at radius 3 is 2.50 bits per heavy atom. The zero-order valence-electron chi connectivity index (χ0n) is 14.8. The van der Waals surface area contributed by atoms with E-state index >= 15 is 0 Å². The van der Waals surface area contributed by atoms with Gasteiger partial charge in [-0.3, -0.25) is 0 Å². The number of ether oxygens (including phenoxy) is 2. The van der Waals surface area contributed by atoms with Crippen LogP contribution < -0.4 is 19.7 Å². The van der Waals surface area contributed by atoms with Crippen LogP contribution in [0.2, 0.25) is 0 Å². The molecule has 0 unspecified atom stereocenters. The molecule has 1 N–H and O–H groups in total. The maximum Gasteiger partial charge on any atom is 0.124 e. The van der Waals surface area contributed by atoms with E-state index in [9.17, 15) is 0 Å². The zero-order valence-corrected chi connectivity index (χ0v) is 15.6. The van der Waals surface area contributed by atoms with Crippen molar-refractivity contribution in [2.75, 3.05) is 32.2 Å². The van der Waals surface area contributed by atoms with Gasteiger partial charge in [0.05, 0.1) is 24.9 Å². The van der Waals surface area contributed by atoms with E-state index in [4.69, 9.17) is 9.47 Å². The molecule has 2 aromatic rings. The molecule has 1 aromatic heterocycles.